The second kappa shape index (κ2) is 3.08. The van der Waals surface area contributed by atoms with Gasteiger partial charge in [0.05, 0.1) is 4.21 Å². The van der Waals surface area contributed by atoms with Crippen LogP contribution in [0, 0.1) is 3.57 Å². The molecule has 0 aliphatic carbocycles. The number of nitrogen functional groups attached to an aromatic ring is 1. The van der Waals surface area contributed by atoms with Gasteiger partial charge in [-0.15, -0.1) is 24.0 Å². The number of fused-ring (bicyclic) bond motifs is 1. The highest BCUT2D eigenvalue weighted by atomic mass is 127. The average Bonchev–Trinajstić information content (AvgIpc) is 2.29. The van der Waals surface area contributed by atoms with E-state index in [1.807, 2.05) is 18.2 Å². The fourth-order valence-corrected chi connectivity index (χ4v) is 3.32. The quantitative estimate of drug-likeness (QED) is 0.435. The topological polar surface area (TPSA) is 26.0 Å². The minimum absolute atomic E-state index is 0.818. The van der Waals surface area contributed by atoms with Gasteiger partial charge in [0.15, 0.2) is 0 Å². The first-order chi connectivity index (χ1) is 5.66. The molecule has 1 aromatic heterocycles. The Morgan fingerprint density at radius 3 is 2.83 bits per heavy atom. The molecule has 62 valence electrons. The second-order valence-electron chi connectivity index (χ2n) is 2.51. The Hall–Kier alpha value is 0.0600. The molecule has 2 aromatic rings. The Labute approximate surface area is 93.5 Å². The molecule has 4 heteroatoms. The van der Waals surface area contributed by atoms with Crippen molar-refractivity contribution in [3.8, 4) is 0 Å². The zero-order chi connectivity index (χ0) is 8.72. The molecule has 0 saturated heterocycles. The lowest BCUT2D eigenvalue weighted by molar-refractivity contribution is 1.73. The molecule has 0 unspecified atom stereocenters. The molecule has 0 aliphatic rings. The monoisotopic (exact) mass is 307 g/mol. The summed E-state index contributed by atoms with van der Waals surface area (Å²) in [6.07, 6.45) is 0. The van der Waals surface area contributed by atoms with E-state index in [2.05, 4.69) is 35.2 Å². The number of hydrogen-bond donors (Lipinski definition) is 2. The van der Waals surface area contributed by atoms with Crippen molar-refractivity contribution in [2.75, 3.05) is 5.73 Å². The number of thiophene rings is 1. The summed E-state index contributed by atoms with van der Waals surface area (Å²) in [4.78, 5) is 0. The smallest absolute Gasteiger partial charge is 0.0581 e. The molecule has 0 atom stereocenters. The van der Waals surface area contributed by atoms with Crippen molar-refractivity contribution < 1.29 is 0 Å². The van der Waals surface area contributed by atoms with Crippen LogP contribution in [0.15, 0.2) is 22.4 Å². The summed E-state index contributed by atoms with van der Waals surface area (Å²) in [5.41, 5.74) is 6.53. The van der Waals surface area contributed by atoms with Gasteiger partial charge in [-0.3, -0.25) is 0 Å². The summed E-state index contributed by atoms with van der Waals surface area (Å²) in [6, 6.07) is 6.00. The van der Waals surface area contributed by atoms with Crippen molar-refractivity contribution in [2.24, 2.45) is 0 Å². The molecule has 0 bridgehead atoms. The van der Waals surface area contributed by atoms with Crippen molar-refractivity contribution in [1.82, 2.24) is 0 Å². The zero-order valence-corrected chi connectivity index (χ0v) is 9.91. The predicted octanol–water partition coefficient (Wildman–Crippen LogP) is 3.38. The third-order valence-corrected chi connectivity index (χ3v) is 4.19. The van der Waals surface area contributed by atoms with E-state index in [-0.39, 0.29) is 0 Å². The molecule has 0 aliphatic heterocycles. The molecule has 0 spiro atoms. The van der Waals surface area contributed by atoms with E-state index in [1.54, 1.807) is 11.3 Å². The van der Waals surface area contributed by atoms with Crippen LogP contribution in [0.5, 0.6) is 0 Å². The molecule has 0 fully saturated rings. The van der Waals surface area contributed by atoms with Gasteiger partial charge in [0, 0.05) is 14.0 Å². The van der Waals surface area contributed by atoms with Crippen LogP contribution in [-0.2, 0) is 0 Å². The van der Waals surface area contributed by atoms with Crippen LogP contribution in [0.2, 0.25) is 0 Å². The van der Waals surface area contributed by atoms with Gasteiger partial charge in [-0.25, -0.2) is 0 Å². The molecular weight excluding hydrogens is 301 g/mol. The number of anilines is 1. The van der Waals surface area contributed by atoms with Crippen LogP contribution in [0.1, 0.15) is 0 Å². The molecule has 2 rings (SSSR count). The molecule has 1 nitrogen and oxygen atoms in total. The van der Waals surface area contributed by atoms with Crippen molar-refractivity contribution in [3.63, 3.8) is 0 Å². The van der Waals surface area contributed by atoms with E-state index in [0.717, 1.165) is 9.90 Å². The predicted molar refractivity (Wildman–Crippen MR) is 66.2 cm³/mol. The van der Waals surface area contributed by atoms with Crippen molar-refractivity contribution >= 4 is 62.3 Å². The standard InChI is InChI=1S/C8H6INS2/c9-6-3-5(10)1-4-2-7(11)12-8(4)6/h1-3,11H,10H2. The Balaban J connectivity index is 2.88. The van der Waals surface area contributed by atoms with Crippen LogP contribution in [0.25, 0.3) is 10.1 Å². The van der Waals surface area contributed by atoms with E-state index >= 15 is 0 Å². The first-order valence-electron chi connectivity index (χ1n) is 3.34. The van der Waals surface area contributed by atoms with Crippen LogP contribution in [-0.4, -0.2) is 0 Å². The Bertz CT molecular complexity index is 436. The Kier molecular flexibility index (Phi) is 2.22. The lowest BCUT2D eigenvalue weighted by atomic mass is 10.2. The lowest BCUT2D eigenvalue weighted by Gasteiger charge is -1.95. The van der Waals surface area contributed by atoms with E-state index in [0.29, 0.717) is 0 Å². The van der Waals surface area contributed by atoms with Gasteiger partial charge in [0.1, 0.15) is 0 Å². The summed E-state index contributed by atoms with van der Waals surface area (Å²) in [6.45, 7) is 0. The number of nitrogens with two attached hydrogens (primary N) is 1. The molecule has 12 heavy (non-hydrogen) atoms. The SMILES string of the molecule is Nc1cc(I)c2sc(S)cc2c1. The number of rotatable bonds is 0. The maximum atomic E-state index is 5.71. The summed E-state index contributed by atoms with van der Waals surface area (Å²) in [7, 11) is 0. The molecule has 0 amide bonds. The molecule has 1 heterocycles. The summed E-state index contributed by atoms with van der Waals surface area (Å²) < 4.78 is 3.51. The number of halogens is 1. The highest BCUT2D eigenvalue weighted by Crippen LogP contribution is 2.33. The van der Waals surface area contributed by atoms with Gasteiger partial charge in [-0.2, -0.15) is 0 Å². The highest BCUT2D eigenvalue weighted by molar-refractivity contribution is 14.1. The molecular formula is C8H6INS2. The van der Waals surface area contributed by atoms with Gasteiger partial charge in [0.25, 0.3) is 0 Å². The maximum Gasteiger partial charge on any atom is 0.0581 e. The van der Waals surface area contributed by atoms with Crippen molar-refractivity contribution in [1.29, 1.82) is 0 Å². The lowest BCUT2D eigenvalue weighted by Crippen LogP contribution is -1.84. The molecule has 2 N–H and O–H groups in total. The minimum Gasteiger partial charge on any atom is -0.399 e. The van der Waals surface area contributed by atoms with Crippen LogP contribution >= 0.6 is 46.6 Å². The Morgan fingerprint density at radius 2 is 2.08 bits per heavy atom. The summed E-state index contributed by atoms with van der Waals surface area (Å²) >= 11 is 8.28. The summed E-state index contributed by atoms with van der Waals surface area (Å²) in [5, 5.41) is 1.19. The maximum absolute atomic E-state index is 5.71. The number of benzene rings is 1. The third-order valence-electron chi connectivity index (χ3n) is 1.58. The fourth-order valence-electron chi connectivity index (χ4n) is 1.12. The van der Waals surface area contributed by atoms with E-state index in [1.165, 1.54) is 13.7 Å². The number of hydrogen-bond acceptors (Lipinski definition) is 3. The van der Waals surface area contributed by atoms with Crippen LogP contribution < -0.4 is 5.73 Å². The highest BCUT2D eigenvalue weighted by Gasteiger charge is 2.03. The summed E-state index contributed by atoms with van der Waals surface area (Å²) in [5.74, 6) is 0. The van der Waals surface area contributed by atoms with Gasteiger partial charge >= 0.3 is 0 Å². The first kappa shape index (κ1) is 8.65. The fraction of sp³-hybridized carbons (Fsp3) is 0. The third kappa shape index (κ3) is 1.43. The molecule has 1 aromatic carbocycles. The minimum atomic E-state index is 0.818. The number of thiol groups is 1. The van der Waals surface area contributed by atoms with Gasteiger partial charge in [0.2, 0.25) is 0 Å². The molecule has 0 saturated carbocycles. The Morgan fingerprint density at radius 1 is 1.33 bits per heavy atom. The van der Waals surface area contributed by atoms with Crippen molar-refractivity contribution in [2.45, 2.75) is 4.21 Å². The van der Waals surface area contributed by atoms with Gasteiger partial charge < -0.3 is 5.73 Å². The van der Waals surface area contributed by atoms with Crippen molar-refractivity contribution in [3.05, 3.63) is 21.8 Å². The van der Waals surface area contributed by atoms with Gasteiger partial charge in [-0.1, -0.05) is 0 Å². The average molecular weight is 307 g/mol. The van der Waals surface area contributed by atoms with E-state index in [4.69, 9.17) is 5.73 Å². The second-order valence-corrected chi connectivity index (χ2v) is 5.50. The van der Waals surface area contributed by atoms with Gasteiger partial charge in [-0.05, 0) is 46.2 Å². The van der Waals surface area contributed by atoms with Crippen LogP contribution in [0.4, 0.5) is 5.69 Å². The zero-order valence-electron chi connectivity index (χ0n) is 6.04. The van der Waals surface area contributed by atoms with Crippen LogP contribution in [0.3, 0.4) is 0 Å². The molecule has 0 radical (unpaired) electrons. The largest absolute Gasteiger partial charge is 0.399 e. The first-order valence-corrected chi connectivity index (χ1v) is 5.68. The van der Waals surface area contributed by atoms with E-state index in [9.17, 15) is 0 Å². The normalized spacial score (nSPS) is 10.8. The van der Waals surface area contributed by atoms with E-state index < -0.39 is 0 Å².